The molecule has 1 N–H and O–H groups in total. The molecule has 0 spiro atoms. The average Bonchev–Trinajstić information content (AvgIpc) is 3.16. The third kappa shape index (κ3) is 6.01. The first-order valence-electron chi connectivity index (χ1n) is 10.2. The number of nitrogens with one attached hydrogen (secondary N) is 1. The maximum atomic E-state index is 12.4. The number of carbonyl (C=O) groups excluding carboxylic acids is 1. The third-order valence-corrected chi connectivity index (χ3v) is 5.00. The maximum absolute atomic E-state index is 12.4. The number of ether oxygens (including phenoxy) is 1. The molecule has 8 heteroatoms. The highest BCUT2D eigenvalue weighted by molar-refractivity contribution is 5.92. The molecule has 1 fully saturated rings. The van der Waals surface area contributed by atoms with Gasteiger partial charge in [-0.3, -0.25) is 9.69 Å². The van der Waals surface area contributed by atoms with Crippen LogP contribution in [0.4, 0.5) is 11.4 Å². The molecule has 2 heterocycles. The Labute approximate surface area is 172 Å². The molecule has 158 valence electrons. The van der Waals surface area contributed by atoms with E-state index >= 15 is 0 Å². The van der Waals surface area contributed by atoms with Crippen LogP contribution in [0.1, 0.15) is 38.6 Å². The summed E-state index contributed by atoms with van der Waals surface area (Å²) in [6.07, 6.45) is 0.754. The van der Waals surface area contributed by atoms with E-state index in [9.17, 15) is 4.79 Å². The van der Waals surface area contributed by atoms with Gasteiger partial charge in [-0.15, -0.1) is 10.2 Å². The number of anilines is 2. The Hall–Kier alpha value is -2.45. The van der Waals surface area contributed by atoms with E-state index in [1.807, 2.05) is 43.1 Å². The van der Waals surface area contributed by atoms with Crippen LogP contribution in [-0.4, -0.2) is 60.9 Å². The van der Waals surface area contributed by atoms with Gasteiger partial charge in [-0.1, -0.05) is 13.8 Å². The molecule has 1 saturated heterocycles. The lowest BCUT2D eigenvalue weighted by Gasteiger charge is -2.29. The van der Waals surface area contributed by atoms with Crippen LogP contribution < -0.4 is 10.2 Å². The van der Waals surface area contributed by atoms with Crippen LogP contribution in [0.3, 0.4) is 0 Å². The van der Waals surface area contributed by atoms with Crippen LogP contribution in [-0.2, 0) is 16.0 Å². The molecule has 3 rings (SSSR count). The van der Waals surface area contributed by atoms with E-state index in [1.54, 1.807) is 0 Å². The molecule has 1 aromatic carbocycles. The van der Waals surface area contributed by atoms with Crippen LogP contribution in [0, 0.1) is 5.92 Å². The molecular formula is C21H31N5O3. The van der Waals surface area contributed by atoms with E-state index in [1.165, 1.54) is 0 Å². The van der Waals surface area contributed by atoms with Crippen molar-refractivity contribution in [1.82, 2.24) is 15.1 Å². The van der Waals surface area contributed by atoms with Gasteiger partial charge in [-0.25, -0.2) is 0 Å². The Morgan fingerprint density at radius 3 is 2.52 bits per heavy atom. The van der Waals surface area contributed by atoms with Crippen LogP contribution >= 0.6 is 0 Å². The number of likely N-dealkylation sites (N-methyl/N-ethyl adjacent to an activating group) is 1. The van der Waals surface area contributed by atoms with E-state index in [4.69, 9.17) is 9.15 Å². The summed E-state index contributed by atoms with van der Waals surface area (Å²) in [7, 11) is 1.87. The monoisotopic (exact) mass is 401 g/mol. The molecular weight excluding hydrogens is 370 g/mol. The second kappa shape index (κ2) is 9.84. The Balaban J connectivity index is 1.50. The topological polar surface area (TPSA) is 83.7 Å². The summed E-state index contributed by atoms with van der Waals surface area (Å²) in [6, 6.07) is 7.78. The van der Waals surface area contributed by atoms with Gasteiger partial charge in [0.1, 0.15) is 0 Å². The zero-order valence-electron chi connectivity index (χ0n) is 17.7. The lowest BCUT2D eigenvalue weighted by Crippen LogP contribution is -2.36. The number of amides is 1. The van der Waals surface area contributed by atoms with Crippen LogP contribution in [0.25, 0.3) is 0 Å². The molecule has 0 bridgehead atoms. The van der Waals surface area contributed by atoms with Crippen molar-refractivity contribution < 1.29 is 13.9 Å². The van der Waals surface area contributed by atoms with Gasteiger partial charge in [0.2, 0.25) is 17.7 Å². The van der Waals surface area contributed by atoms with Crippen molar-refractivity contribution in [1.29, 1.82) is 0 Å². The predicted molar refractivity (Wildman–Crippen MR) is 112 cm³/mol. The van der Waals surface area contributed by atoms with Gasteiger partial charge in [-0.2, -0.15) is 0 Å². The van der Waals surface area contributed by atoms with Crippen LogP contribution in [0.5, 0.6) is 0 Å². The van der Waals surface area contributed by atoms with E-state index in [0.717, 1.165) is 44.1 Å². The second-order valence-electron chi connectivity index (χ2n) is 7.92. The maximum Gasteiger partial charge on any atom is 0.238 e. The van der Waals surface area contributed by atoms with Gasteiger partial charge >= 0.3 is 0 Å². The second-order valence-corrected chi connectivity index (χ2v) is 7.92. The van der Waals surface area contributed by atoms with Gasteiger partial charge in [0, 0.05) is 30.9 Å². The number of hydrogen-bond acceptors (Lipinski definition) is 7. The summed E-state index contributed by atoms with van der Waals surface area (Å²) < 4.78 is 11.1. The van der Waals surface area contributed by atoms with Crippen LogP contribution in [0.2, 0.25) is 0 Å². The highest BCUT2D eigenvalue weighted by Gasteiger charge is 2.21. The average molecular weight is 402 g/mol. The molecule has 1 unspecified atom stereocenters. The molecule has 0 aliphatic carbocycles. The summed E-state index contributed by atoms with van der Waals surface area (Å²) in [6.45, 7) is 9.69. The molecule has 1 aliphatic rings. The van der Waals surface area contributed by atoms with Gasteiger partial charge in [0.25, 0.3) is 0 Å². The van der Waals surface area contributed by atoms with Gasteiger partial charge in [-0.05, 0) is 44.2 Å². The summed E-state index contributed by atoms with van der Waals surface area (Å²) >= 11 is 0. The van der Waals surface area contributed by atoms with Crippen molar-refractivity contribution in [2.75, 3.05) is 50.1 Å². The fourth-order valence-corrected chi connectivity index (χ4v) is 3.20. The van der Waals surface area contributed by atoms with Crippen molar-refractivity contribution in [2.24, 2.45) is 5.92 Å². The van der Waals surface area contributed by atoms with Crippen molar-refractivity contribution >= 4 is 17.3 Å². The molecule has 1 amide bonds. The Bertz CT molecular complexity index is 784. The molecule has 1 aliphatic heterocycles. The largest absolute Gasteiger partial charge is 0.424 e. The lowest BCUT2D eigenvalue weighted by molar-refractivity contribution is -0.117. The first kappa shape index (κ1) is 21.3. The van der Waals surface area contributed by atoms with Gasteiger partial charge in [0.05, 0.1) is 25.8 Å². The third-order valence-electron chi connectivity index (χ3n) is 5.00. The van der Waals surface area contributed by atoms with Gasteiger partial charge in [0.15, 0.2) is 0 Å². The molecule has 0 saturated carbocycles. The minimum atomic E-state index is -0.141. The molecule has 2 aromatic rings. The number of rotatable bonds is 8. The molecule has 1 aromatic heterocycles. The quantitative estimate of drug-likeness (QED) is 0.728. The summed E-state index contributed by atoms with van der Waals surface area (Å²) in [5, 5.41) is 11.2. The van der Waals surface area contributed by atoms with Crippen molar-refractivity contribution in [3.8, 4) is 0 Å². The highest BCUT2D eigenvalue weighted by Crippen LogP contribution is 2.20. The number of carbonyl (C=O) groups is 1. The first-order valence-corrected chi connectivity index (χ1v) is 10.2. The fourth-order valence-electron chi connectivity index (χ4n) is 3.20. The van der Waals surface area contributed by atoms with Crippen molar-refractivity contribution in [3.05, 3.63) is 36.0 Å². The first-order chi connectivity index (χ1) is 13.9. The number of hydrogen-bond donors (Lipinski definition) is 1. The standard InChI is InChI=1S/C21H31N5O3/c1-15(2)13-20-23-24-21(29-20)16(3)25(4)14-19(27)22-17-5-7-18(8-6-17)26-9-11-28-12-10-26/h5-8,15-16H,9-14H2,1-4H3,(H,22,27). The summed E-state index contributed by atoms with van der Waals surface area (Å²) in [5.74, 6) is 1.54. The molecule has 1 atom stereocenters. The van der Waals surface area contributed by atoms with E-state index in [-0.39, 0.29) is 18.5 Å². The Morgan fingerprint density at radius 2 is 1.86 bits per heavy atom. The smallest absolute Gasteiger partial charge is 0.238 e. The molecule has 0 radical (unpaired) electrons. The minimum absolute atomic E-state index is 0.0830. The highest BCUT2D eigenvalue weighted by atomic mass is 16.5. The lowest BCUT2D eigenvalue weighted by atomic mass is 10.1. The predicted octanol–water partition coefficient (Wildman–Crippen LogP) is 2.74. The van der Waals surface area contributed by atoms with Crippen molar-refractivity contribution in [2.45, 2.75) is 33.2 Å². The fraction of sp³-hybridized carbons (Fsp3) is 0.571. The molecule has 8 nitrogen and oxygen atoms in total. The van der Waals surface area contributed by atoms with E-state index in [2.05, 4.69) is 34.3 Å². The number of aromatic nitrogens is 2. The van der Waals surface area contributed by atoms with Crippen molar-refractivity contribution in [3.63, 3.8) is 0 Å². The van der Waals surface area contributed by atoms with Gasteiger partial charge < -0.3 is 19.4 Å². The number of nitrogens with zero attached hydrogens (tertiary/aromatic N) is 4. The summed E-state index contributed by atoms with van der Waals surface area (Å²) in [4.78, 5) is 16.6. The van der Waals surface area contributed by atoms with E-state index < -0.39 is 0 Å². The number of morpholine rings is 1. The van der Waals surface area contributed by atoms with E-state index in [0.29, 0.717) is 17.7 Å². The number of benzene rings is 1. The zero-order valence-corrected chi connectivity index (χ0v) is 17.7. The van der Waals surface area contributed by atoms with Crippen LogP contribution in [0.15, 0.2) is 28.7 Å². The molecule has 29 heavy (non-hydrogen) atoms. The summed E-state index contributed by atoms with van der Waals surface area (Å²) in [5.41, 5.74) is 1.93. The minimum Gasteiger partial charge on any atom is -0.424 e. The normalized spacial score (nSPS) is 15.7. The Morgan fingerprint density at radius 1 is 1.17 bits per heavy atom. The Kier molecular flexibility index (Phi) is 7.22. The zero-order chi connectivity index (χ0) is 20.8. The SMILES string of the molecule is CC(C)Cc1nnc(C(C)N(C)CC(=O)Nc2ccc(N3CCOCC3)cc2)o1.